The summed E-state index contributed by atoms with van der Waals surface area (Å²) < 4.78 is 12.1. The van der Waals surface area contributed by atoms with E-state index < -0.39 is 0 Å². The van der Waals surface area contributed by atoms with Gasteiger partial charge in [-0.3, -0.25) is 0 Å². The summed E-state index contributed by atoms with van der Waals surface area (Å²) in [4.78, 5) is 0. The van der Waals surface area contributed by atoms with Crippen molar-refractivity contribution in [3.8, 4) is 17.1 Å². The summed E-state index contributed by atoms with van der Waals surface area (Å²) in [5, 5.41) is 1.22. The number of unbranched alkanes of at least 4 members (excludes halogenated alkanes) is 3. The minimum atomic E-state index is 0.786. The van der Waals surface area contributed by atoms with Crippen LogP contribution in [0.2, 0.25) is 0 Å². The number of aryl methyl sites for hydroxylation is 1. The predicted octanol–water partition coefficient (Wildman–Crippen LogP) is 6.27. The fourth-order valence-corrected chi connectivity index (χ4v) is 3.61. The average Bonchev–Trinajstić information content (AvgIpc) is 3.09. The van der Waals surface area contributed by atoms with E-state index in [1.54, 1.807) is 0 Å². The molecule has 0 N–H and O–H groups in total. The van der Waals surface area contributed by atoms with Crippen LogP contribution in [0.3, 0.4) is 0 Å². The minimum Gasteiger partial charge on any atom is -0.493 e. The highest BCUT2D eigenvalue weighted by atomic mass is 16.5. The van der Waals surface area contributed by atoms with Crippen molar-refractivity contribution in [1.29, 1.82) is 0 Å². The second kappa shape index (κ2) is 6.35. The standard InChI is InChI=1S/C22H24O2/c1-3-4-5-6-11-23-17-8-10-19-20-13-16-12-15(2)7-9-18(16)22(20)24-21(19)14-17/h7-10,12,14H,3-6,11,13H2,1-2H3. The number of ether oxygens (including phenoxy) is 1. The summed E-state index contributed by atoms with van der Waals surface area (Å²) in [6.45, 7) is 5.15. The quantitative estimate of drug-likeness (QED) is 0.391. The Balaban J connectivity index is 1.56. The van der Waals surface area contributed by atoms with E-state index in [0.717, 1.165) is 36.5 Å². The maximum absolute atomic E-state index is 6.18. The molecule has 1 aliphatic carbocycles. The molecule has 0 radical (unpaired) electrons. The highest BCUT2D eigenvalue weighted by molar-refractivity contribution is 5.92. The van der Waals surface area contributed by atoms with Crippen molar-refractivity contribution in [2.45, 2.75) is 46.0 Å². The van der Waals surface area contributed by atoms with Crippen molar-refractivity contribution in [2.24, 2.45) is 0 Å². The first kappa shape index (κ1) is 15.3. The molecule has 2 aromatic carbocycles. The summed E-state index contributed by atoms with van der Waals surface area (Å²) in [6, 6.07) is 12.9. The van der Waals surface area contributed by atoms with Crippen molar-refractivity contribution in [2.75, 3.05) is 6.61 Å². The third kappa shape index (κ3) is 2.71. The number of rotatable bonds is 6. The molecular formula is C22H24O2. The number of hydrogen-bond acceptors (Lipinski definition) is 2. The fraction of sp³-hybridized carbons (Fsp3) is 0.364. The highest BCUT2D eigenvalue weighted by Gasteiger charge is 2.25. The Morgan fingerprint density at radius 2 is 1.96 bits per heavy atom. The zero-order valence-electron chi connectivity index (χ0n) is 14.5. The second-order valence-corrected chi connectivity index (χ2v) is 6.81. The summed E-state index contributed by atoms with van der Waals surface area (Å²) in [5.41, 5.74) is 6.19. The molecule has 1 aromatic heterocycles. The molecular weight excluding hydrogens is 296 g/mol. The van der Waals surface area contributed by atoms with Gasteiger partial charge in [0.25, 0.3) is 0 Å². The van der Waals surface area contributed by atoms with Crippen molar-refractivity contribution >= 4 is 11.0 Å². The van der Waals surface area contributed by atoms with Gasteiger partial charge in [0.1, 0.15) is 17.1 Å². The minimum absolute atomic E-state index is 0.786. The van der Waals surface area contributed by atoms with E-state index in [0.29, 0.717) is 0 Å². The predicted molar refractivity (Wildman–Crippen MR) is 98.8 cm³/mol. The molecule has 0 saturated heterocycles. The SMILES string of the molecule is CCCCCCOc1ccc2c3c(oc2c1)-c1ccc(C)cc1C3. The van der Waals surface area contributed by atoms with Gasteiger partial charge in [0.05, 0.1) is 6.61 Å². The molecule has 1 heterocycles. The summed E-state index contributed by atoms with van der Waals surface area (Å²) in [5.74, 6) is 1.95. The first-order valence-electron chi connectivity index (χ1n) is 9.04. The van der Waals surface area contributed by atoms with Crippen LogP contribution in [-0.2, 0) is 6.42 Å². The van der Waals surface area contributed by atoms with Crippen LogP contribution in [0.4, 0.5) is 0 Å². The third-order valence-electron chi connectivity index (χ3n) is 4.90. The van der Waals surface area contributed by atoms with Gasteiger partial charge in [-0.15, -0.1) is 0 Å². The lowest BCUT2D eigenvalue weighted by Crippen LogP contribution is -1.96. The van der Waals surface area contributed by atoms with Gasteiger partial charge in [-0.1, -0.05) is 49.9 Å². The van der Waals surface area contributed by atoms with Crippen LogP contribution >= 0.6 is 0 Å². The van der Waals surface area contributed by atoms with E-state index in [1.807, 2.05) is 6.07 Å². The first-order chi connectivity index (χ1) is 11.8. The Morgan fingerprint density at radius 3 is 2.83 bits per heavy atom. The van der Waals surface area contributed by atoms with Gasteiger partial charge in [-0.2, -0.15) is 0 Å². The second-order valence-electron chi connectivity index (χ2n) is 6.81. The molecule has 0 aliphatic heterocycles. The number of furan rings is 1. The Kier molecular flexibility index (Phi) is 4.05. The van der Waals surface area contributed by atoms with Crippen molar-refractivity contribution in [1.82, 2.24) is 0 Å². The van der Waals surface area contributed by atoms with E-state index in [2.05, 4.69) is 44.2 Å². The Bertz CT molecular complexity index is 873. The van der Waals surface area contributed by atoms with Gasteiger partial charge in [-0.25, -0.2) is 0 Å². The summed E-state index contributed by atoms with van der Waals surface area (Å²) in [7, 11) is 0. The largest absolute Gasteiger partial charge is 0.493 e. The highest BCUT2D eigenvalue weighted by Crippen LogP contribution is 2.43. The molecule has 3 aromatic rings. The monoisotopic (exact) mass is 320 g/mol. The van der Waals surface area contributed by atoms with E-state index in [1.165, 1.54) is 46.9 Å². The maximum atomic E-state index is 6.18. The Morgan fingerprint density at radius 1 is 1.04 bits per heavy atom. The van der Waals surface area contributed by atoms with Crippen LogP contribution < -0.4 is 4.74 Å². The maximum Gasteiger partial charge on any atom is 0.139 e. The number of benzene rings is 2. The first-order valence-corrected chi connectivity index (χ1v) is 9.04. The van der Waals surface area contributed by atoms with E-state index in [9.17, 15) is 0 Å². The van der Waals surface area contributed by atoms with Crippen LogP contribution in [0, 0.1) is 6.92 Å². The lowest BCUT2D eigenvalue weighted by Gasteiger charge is -2.06. The zero-order chi connectivity index (χ0) is 16.5. The fourth-order valence-electron chi connectivity index (χ4n) is 3.61. The van der Waals surface area contributed by atoms with E-state index >= 15 is 0 Å². The van der Waals surface area contributed by atoms with Gasteiger partial charge < -0.3 is 9.15 Å². The molecule has 0 bridgehead atoms. The molecule has 2 nitrogen and oxygen atoms in total. The van der Waals surface area contributed by atoms with Gasteiger partial charge in [0.2, 0.25) is 0 Å². The van der Waals surface area contributed by atoms with Crippen LogP contribution in [0.5, 0.6) is 5.75 Å². The van der Waals surface area contributed by atoms with Gasteiger partial charge in [0.15, 0.2) is 0 Å². The van der Waals surface area contributed by atoms with Gasteiger partial charge in [-0.05, 0) is 31.0 Å². The van der Waals surface area contributed by atoms with Gasteiger partial charge in [0, 0.05) is 29.0 Å². The average molecular weight is 320 g/mol. The molecule has 2 heteroatoms. The molecule has 0 spiro atoms. The van der Waals surface area contributed by atoms with Crippen molar-refractivity contribution in [3.05, 3.63) is 53.1 Å². The summed E-state index contributed by atoms with van der Waals surface area (Å²) >= 11 is 0. The van der Waals surface area contributed by atoms with Gasteiger partial charge >= 0.3 is 0 Å². The smallest absolute Gasteiger partial charge is 0.139 e. The van der Waals surface area contributed by atoms with Crippen molar-refractivity contribution in [3.63, 3.8) is 0 Å². The van der Waals surface area contributed by atoms with E-state index in [4.69, 9.17) is 9.15 Å². The number of fused-ring (bicyclic) bond motifs is 5. The van der Waals surface area contributed by atoms with Crippen LogP contribution in [0.25, 0.3) is 22.3 Å². The Hall–Kier alpha value is -2.22. The van der Waals surface area contributed by atoms with Crippen LogP contribution in [-0.4, -0.2) is 6.61 Å². The lowest BCUT2D eigenvalue weighted by atomic mass is 10.1. The normalized spacial score (nSPS) is 12.4. The third-order valence-corrected chi connectivity index (χ3v) is 4.90. The number of hydrogen-bond donors (Lipinski definition) is 0. The summed E-state index contributed by atoms with van der Waals surface area (Å²) in [6.07, 6.45) is 5.87. The molecule has 0 fully saturated rings. The molecule has 0 saturated carbocycles. The van der Waals surface area contributed by atoms with Crippen LogP contribution in [0.1, 0.15) is 49.3 Å². The zero-order valence-corrected chi connectivity index (χ0v) is 14.5. The molecule has 4 rings (SSSR count). The molecule has 0 amide bonds. The molecule has 124 valence electrons. The lowest BCUT2D eigenvalue weighted by molar-refractivity contribution is 0.305. The molecule has 1 aliphatic rings. The van der Waals surface area contributed by atoms with Crippen molar-refractivity contribution < 1.29 is 9.15 Å². The molecule has 0 atom stereocenters. The Labute approximate surface area is 143 Å². The van der Waals surface area contributed by atoms with Crippen LogP contribution in [0.15, 0.2) is 40.8 Å². The molecule has 24 heavy (non-hydrogen) atoms. The van der Waals surface area contributed by atoms with E-state index in [-0.39, 0.29) is 0 Å². The molecule has 0 unspecified atom stereocenters. The topological polar surface area (TPSA) is 22.4 Å².